The number of benzene rings is 1. The van der Waals surface area contributed by atoms with Gasteiger partial charge in [-0.3, -0.25) is 4.90 Å². The highest BCUT2D eigenvalue weighted by atomic mass is 16.5. The SMILES string of the molecule is CCCN(CCO)Cc1nc(-c2ccccc2C)no1. The van der Waals surface area contributed by atoms with E-state index < -0.39 is 0 Å². The van der Waals surface area contributed by atoms with E-state index in [2.05, 4.69) is 22.0 Å². The molecule has 0 aliphatic carbocycles. The fraction of sp³-hybridized carbons (Fsp3) is 0.467. The summed E-state index contributed by atoms with van der Waals surface area (Å²) in [5, 5.41) is 13.1. The van der Waals surface area contributed by atoms with E-state index in [-0.39, 0.29) is 6.61 Å². The van der Waals surface area contributed by atoms with Crippen molar-refractivity contribution in [2.75, 3.05) is 19.7 Å². The van der Waals surface area contributed by atoms with Gasteiger partial charge in [0.05, 0.1) is 13.2 Å². The van der Waals surface area contributed by atoms with Gasteiger partial charge in [0.25, 0.3) is 0 Å². The maximum absolute atomic E-state index is 9.05. The van der Waals surface area contributed by atoms with Gasteiger partial charge in [-0.05, 0) is 25.5 Å². The van der Waals surface area contributed by atoms with Gasteiger partial charge in [-0.2, -0.15) is 4.98 Å². The first kappa shape index (κ1) is 14.7. The molecule has 1 aromatic carbocycles. The maximum atomic E-state index is 9.05. The van der Waals surface area contributed by atoms with Crippen molar-refractivity contribution >= 4 is 0 Å². The number of rotatable bonds is 7. The summed E-state index contributed by atoms with van der Waals surface area (Å²) < 4.78 is 5.31. The lowest BCUT2D eigenvalue weighted by Crippen LogP contribution is -2.27. The third-order valence-electron chi connectivity index (χ3n) is 3.17. The molecule has 108 valence electrons. The first-order valence-electron chi connectivity index (χ1n) is 6.96. The Labute approximate surface area is 119 Å². The van der Waals surface area contributed by atoms with Gasteiger partial charge in [0.1, 0.15) is 0 Å². The van der Waals surface area contributed by atoms with Crippen LogP contribution in [0.2, 0.25) is 0 Å². The van der Waals surface area contributed by atoms with Crippen LogP contribution in [0.1, 0.15) is 24.8 Å². The molecule has 2 rings (SSSR count). The monoisotopic (exact) mass is 275 g/mol. The van der Waals surface area contributed by atoms with Gasteiger partial charge in [-0.25, -0.2) is 0 Å². The minimum atomic E-state index is 0.138. The Balaban J connectivity index is 2.10. The van der Waals surface area contributed by atoms with Gasteiger partial charge < -0.3 is 9.63 Å². The second kappa shape index (κ2) is 7.17. The number of aliphatic hydroxyl groups excluding tert-OH is 1. The number of hydrogen-bond donors (Lipinski definition) is 1. The predicted molar refractivity (Wildman–Crippen MR) is 77.1 cm³/mol. The van der Waals surface area contributed by atoms with Crippen LogP contribution in [-0.4, -0.2) is 39.8 Å². The summed E-state index contributed by atoms with van der Waals surface area (Å²) in [6.07, 6.45) is 1.03. The molecule has 1 heterocycles. The van der Waals surface area contributed by atoms with Crippen LogP contribution in [0.5, 0.6) is 0 Å². The summed E-state index contributed by atoms with van der Waals surface area (Å²) in [4.78, 5) is 6.55. The quantitative estimate of drug-likeness (QED) is 0.839. The molecule has 2 aromatic rings. The molecule has 0 radical (unpaired) electrons. The van der Waals surface area contributed by atoms with Crippen molar-refractivity contribution in [2.45, 2.75) is 26.8 Å². The van der Waals surface area contributed by atoms with Crippen molar-refractivity contribution < 1.29 is 9.63 Å². The molecular weight excluding hydrogens is 254 g/mol. The molecule has 0 fully saturated rings. The standard InChI is InChI=1S/C15H21N3O2/c1-3-8-18(9-10-19)11-14-16-15(17-20-14)13-7-5-4-6-12(13)2/h4-7,19H,3,8-11H2,1-2H3. The number of nitrogens with zero attached hydrogens (tertiary/aromatic N) is 3. The van der Waals surface area contributed by atoms with E-state index in [1.807, 2.05) is 31.2 Å². The van der Waals surface area contributed by atoms with E-state index in [0.717, 1.165) is 24.1 Å². The van der Waals surface area contributed by atoms with Crippen LogP contribution in [0, 0.1) is 6.92 Å². The first-order chi connectivity index (χ1) is 9.74. The van der Waals surface area contributed by atoms with E-state index in [1.54, 1.807) is 0 Å². The number of aliphatic hydroxyl groups is 1. The lowest BCUT2D eigenvalue weighted by molar-refractivity contribution is 0.174. The Morgan fingerprint density at radius 3 is 2.75 bits per heavy atom. The molecule has 0 bridgehead atoms. The van der Waals surface area contributed by atoms with Gasteiger partial charge in [-0.15, -0.1) is 0 Å². The molecule has 0 amide bonds. The summed E-state index contributed by atoms with van der Waals surface area (Å²) in [7, 11) is 0. The largest absolute Gasteiger partial charge is 0.395 e. The molecule has 0 atom stereocenters. The van der Waals surface area contributed by atoms with Crippen LogP contribution in [-0.2, 0) is 6.54 Å². The number of aryl methyl sites for hydroxylation is 1. The topological polar surface area (TPSA) is 62.4 Å². The molecule has 0 saturated carbocycles. The van der Waals surface area contributed by atoms with Crippen molar-refractivity contribution in [1.82, 2.24) is 15.0 Å². The molecule has 0 aliphatic heterocycles. The zero-order valence-electron chi connectivity index (χ0n) is 12.0. The molecule has 20 heavy (non-hydrogen) atoms. The van der Waals surface area contributed by atoms with E-state index in [4.69, 9.17) is 9.63 Å². The van der Waals surface area contributed by atoms with E-state index in [9.17, 15) is 0 Å². The minimum Gasteiger partial charge on any atom is -0.395 e. The lowest BCUT2D eigenvalue weighted by Gasteiger charge is -2.17. The average molecular weight is 275 g/mol. The van der Waals surface area contributed by atoms with Gasteiger partial charge >= 0.3 is 0 Å². The molecule has 5 heteroatoms. The fourth-order valence-corrected chi connectivity index (χ4v) is 2.17. The summed E-state index contributed by atoms with van der Waals surface area (Å²) in [6, 6.07) is 7.97. The highest BCUT2D eigenvalue weighted by Crippen LogP contribution is 2.20. The summed E-state index contributed by atoms with van der Waals surface area (Å²) in [5.74, 6) is 1.21. The zero-order valence-corrected chi connectivity index (χ0v) is 12.0. The van der Waals surface area contributed by atoms with Gasteiger partial charge in [-0.1, -0.05) is 36.3 Å². The smallest absolute Gasteiger partial charge is 0.241 e. The van der Waals surface area contributed by atoms with Crippen molar-refractivity contribution in [3.63, 3.8) is 0 Å². The third kappa shape index (κ3) is 3.65. The average Bonchev–Trinajstić information content (AvgIpc) is 2.88. The normalized spacial score (nSPS) is 11.2. The Morgan fingerprint density at radius 1 is 1.25 bits per heavy atom. The van der Waals surface area contributed by atoms with Crippen LogP contribution in [0.15, 0.2) is 28.8 Å². The zero-order chi connectivity index (χ0) is 14.4. The van der Waals surface area contributed by atoms with E-state index in [1.165, 1.54) is 0 Å². The number of aromatic nitrogens is 2. The summed E-state index contributed by atoms with van der Waals surface area (Å²) in [6.45, 7) is 6.38. The van der Waals surface area contributed by atoms with Crippen molar-refractivity contribution in [3.8, 4) is 11.4 Å². The van der Waals surface area contributed by atoms with Crippen LogP contribution in [0.3, 0.4) is 0 Å². The van der Waals surface area contributed by atoms with Gasteiger partial charge in [0.15, 0.2) is 0 Å². The van der Waals surface area contributed by atoms with Crippen LogP contribution in [0.4, 0.5) is 0 Å². The Kier molecular flexibility index (Phi) is 5.26. The fourth-order valence-electron chi connectivity index (χ4n) is 2.17. The predicted octanol–water partition coefficient (Wildman–Crippen LogP) is 2.25. The molecule has 1 aromatic heterocycles. The molecule has 0 saturated heterocycles. The highest BCUT2D eigenvalue weighted by Gasteiger charge is 2.13. The van der Waals surface area contributed by atoms with Crippen LogP contribution >= 0.6 is 0 Å². The minimum absolute atomic E-state index is 0.138. The van der Waals surface area contributed by atoms with Crippen molar-refractivity contribution in [1.29, 1.82) is 0 Å². The van der Waals surface area contributed by atoms with E-state index >= 15 is 0 Å². The Hall–Kier alpha value is -1.72. The summed E-state index contributed by atoms with van der Waals surface area (Å²) >= 11 is 0. The molecule has 1 N–H and O–H groups in total. The maximum Gasteiger partial charge on any atom is 0.241 e. The van der Waals surface area contributed by atoms with Gasteiger partial charge in [0.2, 0.25) is 11.7 Å². The first-order valence-corrected chi connectivity index (χ1v) is 6.96. The molecule has 0 unspecified atom stereocenters. The molecule has 5 nitrogen and oxygen atoms in total. The van der Waals surface area contributed by atoms with Gasteiger partial charge in [0, 0.05) is 12.1 Å². The lowest BCUT2D eigenvalue weighted by atomic mass is 10.1. The van der Waals surface area contributed by atoms with Crippen LogP contribution in [0.25, 0.3) is 11.4 Å². The molecule has 0 spiro atoms. The third-order valence-corrected chi connectivity index (χ3v) is 3.17. The van der Waals surface area contributed by atoms with Crippen LogP contribution < -0.4 is 0 Å². The van der Waals surface area contributed by atoms with E-state index in [0.29, 0.717) is 24.8 Å². The summed E-state index contributed by atoms with van der Waals surface area (Å²) in [5.41, 5.74) is 2.12. The van der Waals surface area contributed by atoms with Crippen molar-refractivity contribution in [2.24, 2.45) is 0 Å². The second-order valence-corrected chi connectivity index (χ2v) is 4.83. The molecule has 0 aliphatic rings. The Morgan fingerprint density at radius 2 is 2.05 bits per heavy atom. The molecular formula is C15H21N3O2. The Bertz CT molecular complexity index is 533. The highest BCUT2D eigenvalue weighted by molar-refractivity contribution is 5.58. The number of hydrogen-bond acceptors (Lipinski definition) is 5. The second-order valence-electron chi connectivity index (χ2n) is 4.83. The van der Waals surface area contributed by atoms with Crippen molar-refractivity contribution in [3.05, 3.63) is 35.7 Å².